The van der Waals surface area contributed by atoms with Gasteiger partial charge in [0.05, 0.1) is 0 Å². The van der Waals surface area contributed by atoms with Crippen molar-refractivity contribution in [1.82, 2.24) is 0 Å². The highest BCUT2D eigenvalue weighted by molar-refractivity contribution is 7.21. The topological polar surface area (TPSA) is 24.9 Å². The van der Waals surface area contributed by atoms with Gasteiger partial charge < -0.3 is 19.3 Å². The van der Waals surface area contributed by atoms with Crippen LogP contribution in [0.25, 0.3) is 0 Å². The maximum absolute atomic E-state index is 7.08. The number of para-hydroxylation sites is 4. The van der Waals surface area contributed by atoms with E-state index < -0.39 is 24.2 Å². The molecule has 0 fully saturated rings. The largest absolute Gasteiger partial charge is 0.457 e. The third kappa shape index (κ3) is 4.63. The fourth-order valence-corrected chi connectivity index (χ4v) is 21.9. The first kappa shape index (κ1) is 34.6. The molecule has 0 amide bonds. The van der Waals surface area contributed by atoms with Gasteiger partial charge in [-0.15, -0.1) is 0 Å². The molecule has 0 aromatic heterocycles. The number of nitrogens with zero attached hydrogens (tertiary/aromatic N) is 2. The van der Waals surface area contributed by atoms with Crippen LogP contribution in [0, 0.1) is 0 Å². The van der Waals surface area contributed by atoms with Gasteiger partial charge in [0.15, 0.2) is 8.07 Å². The van der Waals surface area contributed by atoms with Crippen molar-refractivity contribution in [2.45, 2.75) is 26.2 Å². The van der Waals surface area contributed by atoms with Gasteiger partial charge in [0.2, 0.25) is 0 Å². The molecule has 7 heteroatoms. The van der Waals surface area contributed by atoms with E-state index in [2.05, 4.69) is 218 Å². The van der Waals surface area contributed by atoms with E-state index in [1.807, 2.05) is 0 Å². The van der Waals surface area contributed by atoms with Crippen molar-refractivity contribution in [1.29, 1.82) is 0 Å². The molecule has 12 rings (SSSR count). The van der Waals surface area contributed by atoms with Crippen LogP contribution in [-0.4, -0.2) is 24.2 Å². The highest BCUT2D eigenvalue weighted by Crippen LogP contribution is 2.45. The van der Waals surface area contributed by atoms with Gasteiger partial charge in [0, 0.05) is 51.4 Å². The van der Waals surface area contributed by atoms with E-state index in [1.165, 1.54) is 64.2 Å². The molecule has 4 heterocycles. The van der Waals surface area contributed by atoms with Crippen LogP contribution in [0.2, 0.25) is 26.2 Å². The van der Waals surface area contributed by atoms with Crippen molar-refractivity contribution in [2.75, 3.05) is 9.80 Å². The number of rotatable bonds is 3. The van der Waals surface area contributed by atoms with Crippen LogP contribution in [0.1, 0.15) is 0 Å². The Morgan fingerprint density at radius 3 is 1.12 bits per heavy atom. The number of benzene rings is 8. The normalized spacial score (nSPS) is 16.4. The molecule has 0 bridgehead atoms. The molecular formula is C52H42N2O2Si3. The fraction of sp³-hybridized carbons (Fsp3) is 0.0769. The molecule has 284 valence electrons. The van der Waals surface area contributed by atoms with E-state index in [4.69, 9.17) is 9.47 Å². The van der Waals surface area contributed by atoms with Crippen LogP contribution in [0.5, 0.6) is 23.0 Å². The lowest BCUT2D eigenvalue weighted by atomic mass is 10.1. The molecule has 4 aliphatic heterocycles. The zero-order valence-electron chi connectivity index (χ0n) is 33.5. The summed E-state index contributed by atoms with van der Waals surface area (Å²) in [5, 5.41) is 10.7. The van der Waals surface area contributed by atoms with Crippen LogP contribution in [-0.2, 0) is 0 Å². The first-order valence-electron chi connectivity index (χ1n) is 20.6. The summed E-state index contributed by atoms with van der Waals surface area (Å²) in [6.45, 7) is 9.89. The third-order valence-corrected chi connectivity index (χ3v) is 25.5. The lowest BCUT2D eigenvalue weighted by molar-refractivity contribution is 0.464. The van der Waals surface area contributed by atoms with Gasteiger partial charge in [-0.2, -0.15) is 0 Å². The smallest absolute Gasteiger partial charge is 0.197 e. The van der Waals surface area contributed by atoms with E-state index in [0.717, 1.165) is 34.4 Å². The van der Waals surface area contributed by atoms with Crippen molar-refractivity contribution >= 4 is 99.8 Å². The number of anilines is 6. The molecule has 8 aromatic rings. The summed E-state index contributed by atoms with van der Waals surface area (Å²) in [5.41, 5.74) is 7.22. The van der Waals surface area contributed by atoms with Crippen LogP contribution in [0.4, 0.5) is 34.1 Å². The molecule has 4 nitrogen and oxygen atoms in total. The van der Waals surface area contributed by atoms with Crippen LogP contribution < -0.4 is 60.8 Å². The van der Waals surface area contributed by atoms with Gasteiger partial charge in [-0.3, -0.25) is 0 Å². The van der Waals surface area contributed by atoms with Gasteiger partial charge in [0.25, 0.3) is 0 Å². The Balaban J connectivity index is 1.09. The first-order valence-corrected chi connectivity index (χ1v) is 28.6. The molecule has 59 heavy (non-hydrogen) atoms. The average molecular weight is 811 g/mol. The Bertz CT molecular complexity index is 2770. The summed E-state index contributed by atoms with van der Waals surface area (Å²) in [7, 11) is -6.88. The Morgan fingerprint density at radius 1 is 0.339 bits per heavy atom. The van der Waals surface area contributed by atoms with Gasteiger partial charge in [-0.05, 0) is 84.8 Å². The minimum absolute atomic E-state index is 0.872. The number of hydrogen-bond acceptors (Lipinski definition) is 4. The second-order valence-electron chi connectivity index (χ2n) is 17.3. The van der Waals surface area contributed by atoms with E-state index >= 15 is 0 Å². The molecule has 0 spiro atoms. The Kier molecular flexibility index (Phi) is 7.23. The minimum Gasteiger partial charge on any atom is -0.457 e. The predicted molar refractivity (Wildman–Crippen MR) is 253 cm³/mol. The second-order valence-corrected chi connectivity index (χ2v) is 29.6. The van der Waals surface area contributed by atoms with Gasteiger partial charge in [-0.1, -0.05) is 148 Å². The average Bonchev–Trinajstić information content (AvgIpc) is 3.27. The summed E-state index contributed by atoms with van der Waals surface area (Å²) in [4.78, 5) is 4.91. The van der Waals surface area contributed by atoms with Crippen LogP contribution in [0.15, 0.2) is 182 Å². The van der Waals surface area contributed by atoms with Crippen molar-refractivity contribution in [3.8, 4) is 23.0 Å². The van der Waals surface area contributed by atoms with Crippen LogP contribution >= 0.6 is 0 Å². The zero-order valence-corrected chi connectivity index (χ0v) is 36.5. The maximum atomic E-state index is 7.08. The first-order chi connectivity index (χ1) is 28.8. The van der Waals surface area contributed by atoms with Gasteiger partial charge in [-0.25, -0.2) is 0 Å². The molecule has 0 saturated heterocycles. The standard InChI is InChI=1S/C52H42N2O2Si3/c1-57(2)46-25-12-8-19-38(46)53(39-20-9-13-26-47(39)57)35-29-31-50-44(33-35)55-42-23-16-24-43-52(42)59(50,37-17-6-5-7-18-37)51-32-30-36(34-45(51)56-43)54-40-21-10-14-27-48(40)58(3,4)49-28-15-11-22-41(49)54/h5-34H,1-4H3. The third-order valence-electron chi connectivity index (χ3n) is 13.5. The highest BCUT2D eigenvalue weighted by Gasteiger charge is 2.54. The summed E-state index contributed by atoms with van der Waals surface area (Å²) in [5.74, 6) is 3.55. The van der Waals surface area contributed by atoms with Crippen molar-refractivity contribution in [3.05, 3.63) is 182 Å². The van der Waals surface area contributed by atoms with E-state index in [1.54, 1.807) is 0 Å². The molecular weight excluding hydrogens is 769 g/mol. The van der Waals surface area contributed by atoms with Gasteiger partial charge >= 0.3 is 0 Å². The summed E-state index contributed by atoms with van der Waals surface area (Å²) in [6.07, 6.45) is 0. The Hall–Kier alpha value is -6.39. The highest BCUT2D eigenvalue weighted by atomic mass is 28.3. The maximum Gasteiger partial charge on any atom is 0.197 e. The summed E-state index contributed by atoms with van der Waals surface area (Å²) < 4.78 is 14.2. The van der Waals surface area contributed by atoms with Gasteiger partial charge in [0.1, 0.15) is 39.1 Å². The molecule has 0 saturated carbocycles. The van der Waals surface area contributed by atoms with E-state index in [9.17, 15) is 0 Å². The lowest BCUT2D eigenvalue weighted by Crippen LogP contribution is -2.77. The summed E-state index contributed by atoms with van der Waals surface area (Å²) >= 11 is 0. The molecule has 4 aliphatic rings. The van der Waals surface area contributed by atoms with Crippen molar-refractivity contribution in [3.63, 3.8) is 0 Å². The molecule has 0 radical (unpaired) electrons. The lowest BCUT2D eigenvalue weighted by Gasteiger charge is -2.45. The summed E-state index contributed by atoms with van der Waals surface area (Å²) in [6, 6.07) is 67.5. The fourth-order valence-electron chi connectivity index (χ4n) is 10.8. The number of hydrogen-bond donors (Lipinski definition) is 0. The quantitative estimate of drug-likeness (QED) is 0.167. The molecule has 0 unspecified atom stereocenters. The number of ether oxygens (including phenoxy) is 2. The minimum atomic E-state index is -3.00. The molecule has 0 N–H and O–H groups in total. The second kappa shape index (κ2) is 12.3. The Labute approximate surface area is 348 Å². The van der Waals surface area contributed by atoms with E-state index in [0.29, 0.717) is 0 Å². The van der Waals surface area contributed by atoms with Crippen molar-refractivity contribution in [2.24, 2.45) is 0 Å². The van der Waals surface area contributed by atoms with Crippen molar-refractivity contribution < 1.29 is 9.47 Å². The zero-order chi connectivity index (χ0) is 39.7. The van der Waals surface area contributed by atoms with E-state index in [-0.39, 0.29) is 0 Å². The van der Waals surface area contributed by atoms with Crippen LogP contribution in [0.3, 0.4) is 0 Å². The number of fused-ring (bicyclic) bond motifs is 8. The monoisotopic (exact) mass is 810 g/mol. The molecule has 0 atom stereocenters. The Morgan fingerprint density at radius 2 is 0.712 bits per heavy atom. The molecule has 8 aromatic carbocycles. The molecule has 0 aliphatic carbocycles. The SMILES string of the molecule is C[Si]1(C)c2ccccc2N(c2ccc3c(c2)Oc2cccc4c2[Si]3(c2ccccc2)c2ccc(N3c5ccccc5[Si](C)(C)c5ccccc53)cc2O4)c2ccccc21. The predicted octanol–water partition coefficient (Wildman–Crippen LogP) is 8.49.